The van der Waals surface area contributed by atoms with Crippen molar-refractivity contribution in [2.45, 2.75) is 27.2 Å². The third-order valence-electron chi connectivity index (χ3n) is 3.76. The maximum atomic E-state index is 12.4. The molecule has 0 saturated carbocycles. The SMILES string of the molecule is CCCOC(=O)c1ccc(NC(=O)C(=O)c2c(C)nn(C)c2C)cc1. The smallest absolute Gasteiger partial charge is 0.338 e. The fraction of sp³-hybridized carbons (Fsp3) is 0.333. The predicted molar refractivity (Wildman–Crippen MR) is 92.7 cm³/mol. The molecule has 1 aromatic heterocycles. The van der Waals surface area contributed by atoms with Gasteiger partial charge in [0.15, 0.2) is 0 Å². The van der Waals surface area contributed by atoms with E-state index in [0.717, 1.165) is 6.42 Å². The monoisotopic (exact) mass is 343 g/mol. The summed E-state index contributed by atoms with van der Waals surface area (Å²) in [6, 6.07) is 6.19. The van der Waals surface area contributed by atoms with Gasteiger partial charge in [-0.05, 0) is 44.5 Å². The number of hydrogen-bond acceptors (Lipinski definition) is 5. The number of hydrogen-bond donors (Lipinski definition) is 1. The molecule has 0 unspecified atom stereocenters. The van der Waals surface area contributed by atoms with Crippen molar-refractivity contribution in [1.29, 1.82) is 0 Å². The van der Waals surface area contributed by atoms with Gasteiger partial charge in [-0.3, -0.25) is 14.3 Å². The first-order chi connectivity index (χ1) is 11.8. The lowest BCUT2D eigenvalue weighted by atomic mass is 10.1. The number of aromatic nitrogens is 2. The van der Waals surface area contributed by atoms with Crippen molar-refractivity contribution in [1.82, 2.24) is 9.78 Å². The standard InChI is InChI=1S/C18H21N3O4/c1-5-10-25-18(24)13-6-8-14(9-7-13)19-17(23)16(22)15-11(2)20-21(4)12(15)3/h6-9H,5,10H2,1-4H3,(H,19,23). The zero-order chi connectivity index (χ0) is 18.6. The van der Waals surface area contributed by atoms with Crippen molar-refractivity contribution >= 4 is 23.3 Å². The number of nitrogens with zero attached hydrogens (tertiary/aromatic N) is 2. The lowest BCUT2D eigenvalue weighted by Gasteiger charge is -2.07. The molecule has 2 aromatic rings. The van der Waals surface area contributed by atoms with Gasteiger partial charge in [0, 0.05) is 18.4 Å². The van der Waals surface area contributed by atoms with Gasteiger partial charge in [0.05, 0.1) is 23.4 Å². The van der Waals surface area contributed by atoms with Crippen LogP contribution in [0.4, 0.5) is 5.69 Å². The second-order valence-corrected chi connectivity index (χ2v) is 5.67. The molecule has 2 rings (SSSR count). The Morgan fingerprint density at radius 3 is 2.32 bits per heavy atom. The van der Waals surface area contributed by atoms with E-state index in [1.807, 2.05) is 6.92 Å². The van der Waals surface area contributed by atoms with Crippen molar-refractivity contribution in [3.63, 3.8) is 0 Å². The lowest BCUT2D eigenvalue weighted by Crippen LogP contribution is -2.24. The van der Waals surface area contributed by atoms with Crippen molar-refractivity contribution < 1.29 is 19.1 Å². The summed E-state index contributed by atoms with van der Waals surface area (Å²) in [5.41, 5.74) is 2.25. The molecule has 1 heterocycles. The number of anilines is 1. The minimum atomic E-state index is -0.750. The van der Waals surface area contributed by atoms with Gasteiger partial charge >= 0.3 is 5.97 Å². The van der Waals surface area contributed by atoms with Crippen LogP contribution in [0, 0.1) is 13.8 Å². The highest BCUT2D eigenvalue weighted by Gasteiger charge is 2.24. The van der Waals surface area contributed by atoms with E-state index in [-0.39, 0.29) is 0 Å². The van der Waals surface area contributed by atoms with Crippen LogP contribution in [0.25, 0.3) is 0 Å². The second-order valence-electron chi connectivity index (χ2n) is 5.67. The molecule has 0 aliphatic heterocycles. The van der Waals surface area contributed by atoms with Crippen molar-refractivity contribution in [3.05, 3.63) is 46.8 Å². The van der Waals surface area contributed by atoms with E-state index < -0.39 is 17.7 Å². The number of benzene rings is 1. The third-order valence-corrected chi connectivity index (χ3v) is 3.76. The maximum absolute atomic E-state index is 12.4. The van der Waals surface area contributed by atoms with Crippen LogP contribution in [0.15, 0.2) is 24.3 Å². The number of carbonyl (C=O) groups is 3. The molecule has 7 nitrogen and oxygen atoms in total. The molecular weight excluding hydrogens is 322 g/mol. The van der Waals surface area contributed by atoms with Gasteiger partial charge in [-0.2, -0.15) is 5.10 Å². The molecule has 132 valence electrons. The number of aryl methyl sites for hydroxylation is 2. The van der Waals surface area contributed by atoms with Crippen molar-refractivity contribution in [3.8, 4) is 0 Å². The van der Waals surface area contributed by atoms with Gasteiger partial charge in [0.2, 0.25) is 0 Å². The first-order valence-electron chi connectivity index (χ1n) is 7.98. The fourth-order valence-electron chi connectivity index (χ4n) is 2.37. The molecule has 0 fully saturated rings. The number of nitrogens with one attached hydrogen (secondary N) is 1. The summed E-state index contributed by atoms with van der Waals surface area (Å²) in [5.74, 6) is -1.81. The van der Waals surface area contributed by atoms with Crippen LogP contribution >= 0.6 is 0 Å². The zero-order valence-electron chi connectivity index (χ0n) is 14.8. The zero-order valence-corrected chi connectivity index (χ0v) is 14.8. The quantitative estimate of drug-likeness (QED) is 0.494. The summed E-state index contributed by atoms with van der Waals surface area (Å²) in [4.78, 5) is 36.3. The highest BCUT2D eigenvalue weighted by molar-refractivity contribution is 6.47. The normalized spacial score (nSPS) is 10.4. The van der Waals surface area contributed by atoms with E-state index in [1.165, 1.54) is 0 Å². The van der Waals surface area contributed by atoms with E-state index in [1.54, 1.807) is 49.8 Å². The van der Waals surface area contributed by atoms with Gasteiger partial charge in [0.1, 0.15) is 0 Å². The molecule has 0 radical (unpaired) electrons. The number of esters is 1. The van der Waals surface area contributed by atoms with Crippen LogP contribution in [0.5, 0.6) is 0 Å². The number of Topliss-reactive ketones (excluding diaryl/α,β-unsaturated/α-hetero) is 1. The molecule has 0 saturated heterocycles. The van der Waals surface area contributed by atoms with Gasteiger partial charge in [-0.25, -0.2) is 4.79 Å². The molecule has 0 spiro atoms. The average Bonchev–Trinajstić information content (AvgIpc) is 2.84. The van der Waals surface area contributed by atoms with Gasteiger partial charge in [-0.15, -0.1) is 0 Å². The second kappa shape index (κ2) is 7.74. The van der Waals surface area contributed by atoms with E-state index in [2.05, 4.69) is 10.4 Å². The Hall–Kier alpha value is -2.96. The molecule has 1 aromatic carbocycles. The fourth-order valence-corrected chi connectivity index (χ4v) is 2.37. The van der Waals surface area contributed by atoms with E-state index in [9.17, 15) is 14.4 Å². The summed E-state index contributed by atoms with van der Waals surface area (Å²) in [5, 5.41) is 6.68. The third kappa shape index (κ3) is 4.12. The topological polar surface area (TPSA) is 90.3 Å². The van der Waals surface area contributed by atoms with Crippen LogP contribution in [-0.4, -0.2) is 34.0 Å². The van der Waals surface area contributed by atoms with Gasteiger partial charge in [0.25, 0.3) is 11.7 Å². The molecule has 1 N–H and O–H groups in total. The van der Waals surface area contributed by atoms with Crippen LogP contribution in [0.1, 0.15) is 45.4 Å². The molecule has 0 aliphatic rings. The Morgan fingerprint density at radius 1 is 1.16 bits per heavy atom. The highest BCUT2D eigenvalue weighted by Crippen LogP contribution is 2.15. The lowest BCUT2D eigenvalue weighted by molar-refractivity contribution is -0.112. The Kier molecular flexibility index (Phi) is 5.69. The molecule has 0 aliphatic carbocycles. The Morgan fingerprint density at radius 2 is 1.80 bits per heavy atom. The van der Waals surface area contributed by atoms with E-state index >= 15 is 0 Å². The minimum absolute atomic E-state index is 0.305. The molecule has 25 heavy (non-hydrogen) atoms. The highest BCUT2D eigenvalue weighted by atomic mass is 16.5. The molecule has 0 atom stereocenters. The molecule has 1 amide bonds. The summed E-state index contributed by atoms with van der Waals surface area (Å²) < 4.78 is 6.60. The summed E-state index contributed by atoms with van der Waals surface area (Å²) in [6.07, 6.45) is 0.745. The molecule has 0 bridgehead atoms. The maximum Gasteiger partial charge on any atom is 0.338 e. The number of amides is 1. The first kappa shape index (κ1) is 18.4. The molecular formula is C18H21N3O4. The van der Waals surface area contributed by atoms with Crippen molar-refractivity contribution in [2.24, 2.45) is 7.05 Å². The number of carbonyl (C=O) groups excluding carboxylic acids is 3. The average molecular weight is 343 g/mol. The largest absolute Gasteiger partial charge is 0.462 e. The summed E-state index contributed by atoms with van der Waals surface area (Å²) in [6.45, 7) is 5.69. The summed E-state index contributed by atoms with van der Waals surface area (Å²) in [7, 11) is 1.72. The van der Waals surface area contributed by atoms with Crippen LogP contribution < -0.4 is 5.32 Å². The van der Waals surface area contributed by atoms with E-state index in [4.69, 9.17) is 4.74 Å². The Labute approximate surface area is 146 Å². The number of ether oxygens (including phenoxy) is 1. The van der Waals surface area contributed by atoms with Gasteiger partial charge in [-0.1, -0.05) is 6.92 Å². The van der Waals surface area contributed by atoms with E-state index in [0.29, 0.717) is 34.8 Å². The number of rotatable bonds is 6. The van der Waals surface area contributed by atoms with Crippen LogP contribution in [0.2, 0.25) is 0 Å². The minimum Gasteiger partial charge on any atom is -0.462 e. The predicted octanol–water partition coefficient (Wildman–Crippen LogP) is 2.43. The summed E-state index contributed by atoms with van der Waals surface area (Å²) >= 11 is 0. The Balaban J connectivity index is 2.07. The van der Waals surface area contributed by atoms with Crippen LogP contribution in [0.3, 0.4) is 0 Å². The van der Waals surface area contributed by atoms with Gasteiger partial charge < -0.3 is 10.1 Å². The molecule has 7 heteroatoms. The number of ketones is 1. The van der Waals surface area contributed by atoms with Crippen LogP contribution in [-0.2, 0) is 16.6 Å². The first-order valence-corrected chi connectivity index (χ1v) is 7.98. The Bertz CT molecular complexity index is 806. The van der Waals surface area contributed by atoms with Crippen molar-refractivity contribution in [2.75, 3.05) is 11.9 Å².